The zero-order valence-corrected chi connectivity index (χ0v) is 81.6. The number of aromatic nitrogens is 2. The van der Waals surface area contributed by atoms with Crippen molar-refractivity contribution < 1.29 is 29.7 Å². The maximum absolute atomic E-state index is 6.22. The minimum absolute atomic E-state index is 0. The summed E-state index contributed by atoms with van der Waals surface area (Å²) in [6.07, 6.45) is 3.57. The summed E-state index contributed by atoms with van der Waals surface area (Å²) in [6, 6.07) is 171. The van der Waals surface area contributed by atoms with Crippen LogP contribution in [0.25, 0.3) is 11.3 Å². The molecule has 0 N–H and O–H groups in total. The van der Waals surface area contributed by atoms with E-state index in [0.29, 0.717) is 0 Å². The Kier molecular flexibility index (Phi) is 35.7. The van der Waals surface area contributed by atoms with Crippen LogP contribution in [-0.2, 0) is 29.7 Å². The monoisotopic (exact) mass is 1950 g/mol. The Morgan fingerprint density at radius 1 is 0.235 bits per heavy atom. The third kappa shape index (κ3) is 24.8. The number of anilines is 8. The number of hydrogen-bond donors (Lipinski definition) is 0. The SMILES string of the molecule is Brc1ccccn1.C.CN1c2ccccc2N(C)c2cc(-c3ccccn3)ccc21.CN1c2ccccc2N(C)c2cc(B3OC(C)(C)C(C)(C)O3)ccc21.[Pd].c1ccc(P(c2ccccc2)c2ccccc2)cc1.c1ccc(P(c2ccccc2)c2ccccc2)cc1.c1ccc(P(c2ccccc2)c2ccccc2)cc1.c1ccc(P(c2ccccc2)c2ccccc2)cc1. The van der Waals surface area contributed by atoms with Crippen LogP contribution < -0.4 is 88.7 Å². The molecule has 8 nitrogen and oxygen atoms in total. The third-order valence-electron chi connectivity index (χ3n) is 22.9. The van der Waals surface area contributed by atoms with Crippen LogP contribution in [-0.4, -0.2) is 56.5 Å². The molecule has 3 aliphatic rings. The van der Waals surface area contributed by atoms with Crippen molar-refractivity contribution in [1.29, 1.82) is 0 Å². The van der Waals surface area contributed by atoms with Gasteiger partial charge in [-0.15, -0.1) is 0 Å². The first kappa shape index (κ1) is 97.4. The van der Waals surface area contributed by atoms with E-state index in [2.05, 4.69) is 550 Å². The molecule has 5 heterocycles. The molecule has 132 heavy (non-hydrogen) atoms. The Bertz CT molecular complexity index is 5600. The van der Waals surface area contributed by atoms with Crippen molar-refractivity contribution >= 4 is 169 Å². The minimum Gasteiger partial charge on any atom is -0.399 e. The van der Waals surface area contributed by atoms with Crippen molar-refractivity contribution in [2.24, 2.45) is 0 Å². The van der Waals surface area contributed by atoms with Gasteiger partial charge < -0.3 is 28.9 Å². The Labute approximate surface area is 810 Å². The van der Waals surface area contributed by atoms with E-state index in [1.54, 1.807) is 6.20 Å². The van der Waals surface area contributed by atoms with E-state index in [-0.39, 0.29) is 46.2 Å². The molecule has 0 amide bonds. The maximum Gasteiger partial charge on any atom is 0.494 e. The van der Waals surface area contributed by atoms with Crippen molar-refractivity contribution in [3.63, 3.8) is 0 Å². The first-order chi connectivity index (χ1) is 63.7. The van der Waals surface area contributed by atoms with Crippen molar-refractivity contribution in [2.45, 2.75) is 46.3 Å². The predicted octanol–water partition coefficient (Wildman–Crippen LogP) is 24.7. The zero-order chi connectivity index (χ0) is 89.9. The molecule has 0 bridgehead atoms. The van der Waals surface area contributed by atoms with E-state index < -0.39 is 31.7 Å². The van der Waals surface area contributed by atoms with Gasteiger partial charge in [0, 0.05) is 66.6 Å². The Hall–Kier alpha value is -12.1. The fourth-order valence-corrected chi connectivity index (χ4v) is 25.1. The van der Waals surface area contributed by atoms with Gasteiger partial charge in [0.25, 0.3) is 0 Å². The maximum atomic E-state index is 6.22. The second-order valence-electron chi connectivity index (χ2n) is 32.0. The second kappa shape index (κ2) is 48.3. The minimum atomic E-state index is -0.446. The standard InChI is InChI=1S/C20H25BN2O2.C19H17N3.4C18H15P.C5H4BrN.CH4.Pd/c1-19(2)20(3,4)25-21(24-19)14-11-12-17-18(13-14)23(6)16-10-8-7-9-15(16)22(17)5;1-21-16-8-3-4-9-17(16)22(2)19-13-14(10-11-18(19)21)15-7-5-6-12-20-15;4*1-4-10-16(11-5-1)19(17-12-6-2-7-13-17)18-14-8-3-9-15-18;6-5-3-1-2-4-7-5;;/h7-13H,1-6H3;3-13H,1-2H3;4*1-15H;1-4H;1H4;. The van der Waals surface area contributed by atoms with Crippen LogP contribution in [0.1, 0.15) is 35.1 Å². The molecule has 0 spiro atoms. The molecule has 0 aliphatic carbocycles. The Morgan fingerprint density at radius 2 is 0.439 bits per heavy atom. The van der Waals surface area contributed by atoms with Crippen molar-refractivity contribution in [3.8, 4) is 11.3 Å². The number of rotatable bonds is 14. The molecule has 16 aromatic carbocycles. The summed E-state index contributed by atoms with van der Waals surface area (Å²) in [5.74, 6) is 0. The van der Waals surface area contributed by atoms with E-state index in [1.807, 2.05) is 42.6 Å². The normalized spacial score (nSPS) is 12.6. The smallest absolute Gasteiger partial charge is 0.399 e. The zero-order valence-electron chi connectivity index (χ0n) is 74.9. The molecule has 21 rings (SSSR count). The summed E-state index contributed by atoms with van der Waals surface area (Å²) in [7, 11) is 6.33. The topological polar surface area (TPSA) is 57.2 Å². The van der Waals surface area contributed by atoms with Gasteiger partial charge in [-0.05, 0) is 217 Å². The number of fused-ring (bicyclic) bond motifs is 4. The van der Waals surface area contributed by atoms with Gasteiger partial charge in [0.1, 0.15) is 4.60 Å². The molecule has 1 fully saturated rings. The second-order valence-corrected chi connectivity index (χ2v) is 41.7. The third-order valence-corrected chi connectivity index (χ3v) is 33.2. The first-order valence-corrected chi connectivity index (χ1v) is 49.9. The van der Waals surface area contributed by atoms with Crippen LogP contribution in [0, 0.1) is 0 Å². The van der Waals surface area contributed by atoms with Gasteiger partial charge in [0.2, 0.25) is 0 Å². The molecule has 0 atom stereocenters. The van der Waals surface area contributed by atoms with E-state index in [0.717, 1.165) is 27.0 Å². The van der Waals surface area contributed by atoms with Gasteiger partial charge in [-0.3, -0.25) is 4.98 Å². The molecule has 660 valence electrons. The number of para-hydroxylation sites is 4. The van der Waals surface area contributed by atoms with Crippen LogP contribution in [0.2, 0.25) is 0 Å². The molecule has 3 aliphatic heterocycles. The fraction of sp³-hybridized carbons (Fsp3) is 0.0940. The van der Waals surface area contributed by atoms with E-state index in [1.165, 1.54) is 103 Å². The van der Waals surface area contributed by atoms with E-state index in [4.69, 9.17) is 9.31 Å². The van der Waals surface area contributed by atoms with Crippen molar-refractivity contribution in [2.75, 3.05) is 47.8 Å². The van der Waals surface area contributed by atoms with Crippen LogP contribution in [0.15, 0.2) is 502 Å². The van der Waals surface area contributed by atoms with Gasteiger partial charge in [-0.25, -0.2) is 4.98 Å². The van der Waals surface area contributed by atoms with E-state index >= 15 is 0 Å². The summed E-state index contributed by atoms with van der Waals surface area (Å²) in [5.41, 5.74) is 12.1. The number of benzene rings is 16. The number of nitrogens with zero attached hydrogens (tertiary/aromatic N) is 6. The summed E-state index contributed by atoms with van der Waals surface area (Å²) in [5, 5.41) is 16.8. The van der Waals surface area contributed by atoms with Gasteiger partial charge in [-0.2, -0.15) is 0 Å². The Morgan fingerprint density at radius 3 is 0.659 bits per heavy atom. The molecule has 0 unspecified atom stereocenters. The molecular weight excluding hydrogens is 1840 g/mol. The van der Waals surface area contributed by atoms with Gasteiger partial charge in [0.15, 0.2) is 0 Å². The van der Waals surface area contributed by atoms with Crippen molar-refractivity contribution in [1.82, 2.24) is 9.97 Å². The van der Waals surface area contributed by atoms with Gasteiger partial charge in [-0.1, -0.05) is 420 Å². The summed E-state index contributed by atoms with van der Waals surface area (Å²) >= 11 is 3.20. The average molecular weight is 1950 g/mol. The van der Waals surface area contributed by atoms with Gasteiger partial charge >= 0.3 is 7.12 Å². The fourth-order valence-electron chi connectivity index (χ4n) is 15.6. The molecule has 1 saturated heterocycles. The average Bonchev–Trinajstić information content (AvgIpc) is 1.47. The van der Waals surface area contributed by atoms with Crippen molar-refractivity contribution in [3.05, 3.63) is 502 Å². The molecular formula is C117H110BBrN6O2P4Pd. The quantitative estimate of drug-likeness (QED) is 0.0606. The largest absolute Gasteiger partial charge is 0.494 e. The van der Waals surface area contributed by atoms with E-state index in [9.17, 15) is 0 Å². The van der Waals surface area contributed by atoms with Crippen LogP contribution in [0.5, 0.6) is 0 Å². The number of hydrogen-bond acceptors (Lipinski definition) is 8. The van der Waals surface area contributed by atoms with Gasteiger partial charge in [0.05, 0.1) is 62.4 Å². The molecule has 0 radical (unpaired) electrons. The number of halogens is 1. The molecule has 15 heteroatoms. The molecule has 18 aromatic rings. The molecule has 0 saturated carbocycles. The summed E-state index contributed by atoms with van der Waals surface area (Å²) in [6.45, 7) is 8.34. The summed E-state index contributed by atoms with van der Waals surface area (Å²) in [4.78, 5) is 17.3. The Balaban J connectivity index is 0.000000133. The number of pyridine rings is 2. The van der Waals surface area contributed by atoms with Crippen LogP contribution in [0.3, 0.4) is 0 Å². The first-order valence-electron chi connectivity index (χ1n) is 43.7. The molecule has 2 aromatic heterocycles. The predicted molar refractivity (Wildman–Crippen MR) is 576 cm³/mol. The van der Waals surface area contributed by atoms with Crippen LogP contribution in [0.4, 0.5) is 45.5 Å². The van der Waals surface area contributed by atoms with Crippen LogP contribution >= 0.6 is 47.6 Å². The summed E-state index contributed by atoms with van der Waals surface area (Å²) < 4.78 is 13.3.